The van der Waals surface area contributed by atoms with Gasteiger partial charge in [-0.1, -0.05) is 48.5 Å². The minimum atomic E-state index is -1.70. The van der Waals surface area contributed by atoms with Crippen LogP contribution in [0.25, 0.3) is 16.9 Å². The maximum Gasteiger partial charge on any atom is 0.255 e. The third kappa shape index (κ3) is 4.77. The number of carbonyl (C=O) groups is 2. The fourth-order valence-corrected chi connectivity index (χ4v) is 3.13. The molecule has 0 fully saturated rings. The van der Waals surface area contributed by atoms with Gasteiger partial charge in [0.25, 0.3) is 5.91 Å². The smallest absolute Gasteiger partial charge is 0.255 e. The first-order valence-electron chi connectivity index (χ1n) is 9.86. The first kappa shape index (κ1) is 21.8. The summed E-state index contributed by atoms with van der Waals surface area (Å²) >= 11 is 0. The summed E-state index contributed by atoms with van der Waals surface area (Å²) in [7, 11) is 0. The van der Waals surface area contributed by atoms with Crippen LogP contribution in [-0.4, -0.2) is 28.1 Å². The fraction of sp³-hybridized carbons (Fsp3) is 0.0417. The lowest BCUT2D eigenvalue weighted by Crippen LogP contribution is -2.33. The number of halogens is 3. The highest BCUT2D eigenvalue weighted by Crippen LogP contribution is 2.24. The number of hydrogen-bond donors (Lipinski definition) is 2. The van der Waals surface area contributed by atoms with E-state index in [1.54, 1.807) is 23.0 Å². The van der Waals surface area contributed by atoms with E-state index in [-0.39, 0.29) is 5.56 Å². The minimum absolute atomic E-state index is 0.219. The van der Waals surface area contributed by atoms with E-state index in [0.29, 0.717) is 17.3 Å². The van der Waals surface area contributed by atoms with Gasteiger partial charge in [0.15, 0.2) is 17.5 Å². The molecule has 0 aliphatic rings. The Morgan fingerprint density at radius 1 is 0.848 bits per heavy atom. The van der Waals surface area contributed by atoms with Crippen molar-refractivity contribution in [1.29, 1.82) is 0 Å². The van der Waals surface area contributed by atoms with E-state index in [0.717, 1.165) is 11.8 Å². The first-order chi connectivity index (χ1) is 15.9. The Balaban J connectivity index is 1.53. The van der Waals surface area contributed by atoms with Crippen molar-refractivity contribution in [3.05, 3.63) is 102 Å². The van der Waals surface area contributed by atoms with Crippen LogP contribution >= 0.6 is 0 Å². The number of hydrogen-bond acceptors (Lipinski definition) is 3. The Labute approximate surface area is 186 Å². The van der Waals surface area contributed by atoms with Crippen molar-refractivity contribution in [3.8, 4) is 16.9 Å². The highest BCUT2D eigenvalue weighted by Gasteiger charge is 2.20. The van der Waals surface area contributed by atoms with Gasteiger partial charge in [-0.25, -0.2) is 17.9 Å². The number of rotatable bonds is 6. The highest BCUT2D eigenvalue weighted by atomic mass is 19.2. The molecule has 1 heterocycles. The van der Waals surface area contributed by atoms with Crippen molar-refractivity contribution < 1.29 is 22.8 Å². The standard InChI is InChI=1S/C24H17F3N4O2/c25-18-11-12-19(22(27)21(18)26)29-20(32)13-28-24(33)17-14-31(16-9-5-2-6-10-16)30-23(17)15-7-3-1-4-8-15/h1-12,14H,13H2,(H,28,33)(H,29,32). The van der Waals surface area contributed by atoms with Crippen molar-refractivity contribution >= 4 is 17.5 Å². The van der Waals surface area contributed by atoms with Crippen molar-refractivity contribution in [3.63, 3.8) is 0 Å². The predicted molar refractivity (Wildman–Crippen MR) is 116 cm³/mol. The molecule has 0 saturated carbocycles. The molecule has 0 atom stereocenters. The van der Waals surface area contributed by atoms with Gasteiger partial charge in [-0.05, 0) is 24.3 Å². The summed E-state index contributed by atoms with van der Waals surface area (Å²) in [4.78, 5) is 25.0. The van der Waals surface area contributed by atoms with Gasteiger partial charge in [-0.15, -0.1) is 0 Å². The lowest BCUT2D eigenvalue weighted by atomic mass is 10.1. The maximum atomic E-state index is 13.8. The molecule has 6 nitrogen and oxygen atoms in total. The van der Waals surface area contributed by atoms with Gasteiger partial charge in [0.2, 0.25) is 5.91 Å². The molecule has 0 spiro atoms. The van der Waals surface area contributed by atoms with Crippen LogP contribution in [-0.2, 0) is 4.79 Å². The zero-order valence-electron chi connectivity index (χ0n) is 17.1. The number of aromatic nitrogens is 2. The second kappa shape index (κ2) is 9.39. The molecule has 0 aliphatic heterocycles. The average Bonchev–Trinajstić information content (AvgIpc) is 3.30. The molecular weight excluding hydrogens is 433 g/mol. The van der Waals surface area contributed by atoms with Crippen LogP contribution in [0.15, 0.2) is 79.0 Å². The van der Waals surface area contributed by atoms with E-state index in [1.165, 1.54) is 0 Å². The lowest BCUT2D eigenvalue weighted by Gasteiger charge is -2.08. The number of carbonyl (C=O) groups excluding carboxylic acids is 2. The van der Waals surface area contributed by atoms with Crippen LogP contribution in [0.4, 0.5) is 18.9 Å². The number of anilines is 1. The molecular formula is C24H17F3N4O2. The largest absolute Gasteiger partial charge is 0.343 e. The van der Waals surface area contributed by atoms with Crippen LogP contribution in [0, 0.1) is 17.5 Å². The normalized spacial score (nSPS) is 10.6. The van der Waals surface area contributed by atoms with Crippen LogP contribution in [0.5, 0.6) is 0 Å². The van der Waals surface area contributed by atoms with E-state index < -0.39 is 41.5 Å². The van der Waals surface area contributed by atoms with Crippen LogP contribution in [0.3, 0.4) is 0 Å². The summed E-state index contributed by atoms with van der Waals surface area (Å²) < 4.78 is 41.7. The Hall–Kier alpha value is -4.40. The third-order valence-corrected chi connectivity index (χ3v) is 4.75. The van der Waals surface area contributed by atoms with Crippen molar-refractivity contribution in [2.24, 2.45) is 0 Å². The molecule has 2 N–H and O–H groups in total. The summed E-state index contributed by atoms with van der Waals surface area (Å²) in [5, 5.41) is 9.08. The third-order valence-electron chi connectivity index (χ3n) is 4.75. The van der Waals surface area contributed by atoms with Crippen LogP contribution < -0.4 is 10.6 Å². The summed E-state index contributed by atoms with van der Waals surface area (Å²) in [6.07, 6.45) is 1.54. The minimum Gasteiger partial charge on any atom is -0.343 e. The molecule has 2 amide bonds. The van der Waals surface area contributed by atoms with Crippen molar-refractivity contribution in [2.45, 2.75) is 0 Å². The van der Waals surface area contributed by atoms with E-state index >= 15 is 0 Å². The monoisotopic (exact) mass is 450 g/mol. The molecule has 0 bridgehead atoms. The molecule has 4 aromatic rings. The summed E-state index contributed by atoms with van der Waals surface area (Å²) in [6, 6.07) is 19.8. The van der Waals surface area contributed by atoms with E-state index in [9.17, 15) is 22.8 Å². The van der Waals surface area contributed by atoms with E-state index in [4.69, 9.17) is 0 Å². The quantitative estimate of drug-likeness (QED) is 0.430. The van der Waals surface area contributed by atoms with Gasteiger partial charge in [0.1, 0.15) is 5.69 Å². The molecule has 9 heteroatoms. The molecule has 166 valence electrons. The van der Waals surface area contributed by atoms with Crippen LogP contribution in [0.1, 0.15) is 10.4 Å². The van der Waals surface area contributed by atoms with E-state index in [2.05, 4.69) is 15.7 Å². The summed E-state index contributed by atoms with van der Waals surface area (Å²) in [6.45, 7) is -0.526. The van der Waals surface area contributed by atoms with E-state index in [1.807, 2.05) is 48.5 Å². The molecule has 4 rings (SSSR count). The Bertz CT molecular complexity index is 1310. The summed E-state index contributed by atoms with van der Waals surface area (Å²) in [5.74, 6) is -5.99. The molecule has 0 unspecified atom stereocenters. The van der Waals surface area contributed by atoms with Gasteiger partial charge >= 0.3 is 0 Å². The second-order valence-corrected chi connectivity index (χ2v) is 6.99. The van der Waals surface area contributed by atoms with Gasteiger partial charge in [0, 0.05) is 11.8 Å². The van der Waals surface area contributed by atoms with Crippen molar-refractivity contribution in [1.82, 2.24) is 15.1 Å². The zero-order valence-corrected chi connectivity index (χ0v) is 17.1. The first-order valence-corrected chi connectivity index (χ1v) is 9.86. The molecule has 0 aliphatic carbocycles. The molecule has 33 heavy (non-hydrogen) atoms. The number of nitrogens with one attached hydrogen (secondary N) is 2. The fourth-order valence-electron chi connectivity index (χ4n) is 3.13. The average molecular weight is 450 g/mol. The summed E-state index contributed by atoms with van der Waals surface area (Å²) in [5.41, 5.74) is 1.53. The Kier molecular flexibility index (Phi) is 6.21. The maximum absolute atomic E-state index is 13.8. The Morgan fingerprint density at radius 3 is 2.21 bits per heavy atom. The number of nitrogens with zero attached hydrogens (tertiary/aromatic N) is 2. The van der Waals surface area contributed by atoms with Gasteiger partial charge < -0.3 is 10.6 Å². The highest BCUT2D eigenvalue weighted by molar-refractivity contribution is 6.02. The number of amides is 2. The van der Waals surface area contributed by atoms with Crippen molar-refractivity contribution in [2.75, 3.05) is 11.9 Å². The van der Waals surface area contributed by atoms with Crippen LogP contribution in [0.2, 0.25) is 0 Å². The lowest BCUT2D eigenvalue weighted by molar-refractivity contribution is -0.115. The topological polar surface area (TPSA) is 76.0 Å². The van der Waals surface area contributed by atoms with Gasteiger partial charge in [0.05, 0.1) is 23.5 Å². The molecule has 0 radical (unpaired) electrons. The number of benzene rings is 3. The Morgan fingerprint density at radius 2 is 1.52 bits per heavy atom. The molecule has 0 saturated heterocycles. The number of para-hydroxylation sites is 1. The second-order valence-electron chi connectivity index (χ2n) is 6.99. The molecule has 3 aromatic carbocycles. The SMILES string of the molecule is O=C(CNC(=O)c1cn(-c2ccccc2)nc1-c1ccccc1)Nc1ccc(F)c(F)c1F. The van der Waals surface area contributed by atoms with Gasteiger partial charge in [-0.2, -0.15) is 5.10 Å². The molecule has 1 aromatic heterocycles. The predicted octanol–water partition coefficient (Wildman–Crippen LogP) is 4.33. The van der Waals surface area contributed by atoms with Gasteiger partial charge in [-0.3, -0.25) is 9.59 Å². The zero-order chi connectivity index (χ0) is 23.4.